The Labute approximate surface area is 159 Å². The highest BCUT2D eigenvalue weighted by Crippen LogP contribution is 2.31. The van der Waals surface area contributed by atoms with Crippen molar-refractivity contribution in [3.05, 3.63) is 29.8 Å². The van der Waals surface area contributed by atoms with Crippen molar-refractivity contribution in [3.8, 4) is 0 Å². The lowest BCUT2D eigenvalue weighted by Gasteiger charge is -2.30. The monoisotopic (exact) mass is 372 g/mol. The molecule has 0 radical (unpaired) electrons. The molecule has 1 aromatic rings. The third-order valence-electron chi connectivity index (χ3n) is 5.87. The summed E-state index contributed by atoms with van der Waals surface area (Å²) in [5.74, 6) is -1.67. The molecule has 146 valence electrons. The van der Waals surface area contributed by atoms with Crippen LogP contribution >= 0.6 is 0 Å². The molecule has 1 saturated heterocycles. The highest BCUT2D eigenvalue weighted by Gasteiger charge is 2.35. The second kappa shape index (κ2) is 8.55. The number of carbonyl (C=O) groups excluding carboxylic acids is 2. The topological polar surface area (TPSA) is 86.7 Å². The van der Waals surface area contributed by atoms with E-state index in [-0.39, 0.29) is 11.8 Å². The molecule has 0 bridgehead atoms. The van der Waals surface area contributed by atoms with E-state index in [9.17, 15) is 19.5 Å². The summed E-state index contributed by atoms with van der Waals surface area (Å²) < 4.78 is 0. The van der Waals surface area contributed by atoms with Gasteiger partial charge in [0.15, 0.2) is 0 Å². The molecule has 0 unspecified atom stereocenters. The van der Waals surface area contributed by atoms with E-state index in [4.69, 9.17) is 0 Å². The number of hydrogen-bond donors (Lipinski definition) is 2. The molecule has 1 aliphatic heterocycles. The normalized spacial score (nSPS) is 23.7. The van der Waals surface area contributed by atoms with Gasteiger partial charge in [-0.1, -0.05) is 25.8 Å². The number of hydrogen-bond acceptors (Lipinski definition) is 3. The molecule has 1 heterocycles. The van der Waals surface area contributed by atoms with Gasteiger partial charge in [-0.25, -0.2) is 0 Å². The molecular weight excluding hydrogens is 344 g/mol. The van der Waals surface area contributed by atoms with Crippen LogP contribution < -0.4 is 5.32 Å². The van der Waals surface area contributed by atoms with Crippen molar-refractivity contribution < 1.29 is 19.5 Å². The first kappa shape index (κ1) is 19.4. The average Bonchev–Trinajstić information content (AvgIpc) is 2.68. The molecule has 6 heteroatoms. The van der Waals surface area contributed by atoms with Gasteiger partial charge in [0.1, 0.15) is 0 Å². The number of likely N-dealkylation sites (tertiary alicyclic amines) is 1. The summed E-state index contributed by atoms with van der Waals surface area (Å²) in [4.78, 5) is 38.7. The fourth-order valence-electron chi connectivity index (χ4n) is 4.10. The van der Waals surface area contributed by atoms with Gasteiger partial charge < -0.3 is 15.3 Å². The second-order valence-electron chi connectivity index (χ2n) is 7.88. The number of carboxylic acids is 1. The van der Waals surface area contributed by atoms with Gasteiger partial charge in [0.05, 0.1) is 11.8 Å². The van der Waals surface area contributed by atoms with Gasteiger partial charge >= 0.3 is 5.97 Å². The molecule has 2 atom stereocenters. The average molecular weight is 372 g/mol. The maximum absolute atomic E-state index is 12.7. The van der Waals surface area contributed by atoms with Crippen molar-refractivity contribution >= 4 is 23.5 Å². The highest BCUT2D eigenvalue weighted by atomic mass is 16.4. The third-order valence-corrected chi connectivity index (χ3v) is 5.87. The zero-order valence-electron chi connectivity index (χ0n) is 15.8. The van der Waals surface area contributed by atoms with Crippen molar-refractivity contribution in [1.29, 1.82) is 0 Å². The Balaban J connectivity index is 1.67. The molecule has 0 aromatic heterocycles. The van der Waals surface area contributed by atoms with Crippen LogP contribution in [0.4, 0.5) is 5.69 Å². The summed E-state index contributed by atoms with van der Waals surface area (Å²) in [6.07, 6.45) is 4.88. The Bertz CT molecular complexity index is 710. The van der Waals surface area contributed by atoms with E-state index in [0.29, 0.717) is 30.0 Å². The Morgan fingerprint density at radius 2 is 1.70 bits per heavy atom. The predicted octanol–water partition coefficient (Wildman–Crippen LogP) is 3.39. The van der Waals surface area contributed by atoms with Gasteiger partial charge in [0.2, 0.25) is 5.91 Å². The van der Waals surface area contributed by atoms with E-state index >= 15 is 0 Å². The zero-order valence-corrected chi connectivity index (χ0v) is 15.8. The maximum atomic E-state index is 12.7. The van der Waals surface area contributed by atoms with Crippen LogP contribution in [0.1, 0.15) is 55.8 Å². The minimum absolute atomic E-state index is 0.0147. The lowest BCUT2D eigenvalue weighted by atomic mass is 9.78. The van der Waals surface area contributed by atoms with E-state index in [1.54, 1.807) is 24.3 Å². The van der Waals surface area contributed by atoms with Crippen LogP contribution in [0.5, 0.6) is 0 Å². The summed E-state index contributed by atoms with van der Waals surface area (Å²) in [5, 5.41) is 12.2. The van der Waals surface area contributed by atoms with Crippen LogP contribution in [0.3, 0.4) is 0 Å². The van der Waals surface area contributed by atoms with Gasteiger partial charge in [0.25, 0.3) is 5.91 Å². The number of benzene rings is 1. The third kappa shape index (κ3) is 4.67. The van der Waals surface area contributed by atoms with Gasteiger partial charge in [-0.15, -0.1) is 0 Å². The molecule has 1 saturated carbocycles. The quantitative estimate of drug-likeness (QED) is 0.848. The largest absolute Gasteiger partial charge is 0.481 e. The van der Waals surface area contributed by atoms with E-state index in [1.807, 2.05) is 4.90 Å². The second-order valence-corrected chi connectivity index (χ2v) is 7.88. The summed E-state index contributed by atoms with van der Waals surface area (Å²) in [6, 6.07) is 6.95. The number of nitrogens with zero attached hydrogens (tertiary/aromatic N) is 1. The highest BCUT2D eigenvalue weighted by molar-refractivity contribution is 5.98. The smallest absolute Gasteiger partial charge is 0.307 e. The van der Waals surface area contributed by atoms with Crippen molar-refractivity contribution in [2.75, 3.05) is 18.4 Å². The number of amides is 2. The molecule has 2 fully saturated rings. The zero-order chi connectivity index (χ0) is 19.4. The number of carboxylic acid groups (broad SMARTS) is 1. The Morgan fingerprint density at radius 1 is 1.04 bits per heavy atom. The number of rotatable bonds is 4. The number of carbonyl (C=O) groups is 3. The fraction of sp³-hybridized carbons (Fsp3) is 0.571. The molecule has 2 aliphatic rings. The Kier molecular flexibility index (Phi) is 6.14. The molecule has 2 amide bonds. The predicted molar refractivity (Wildman–Crippen MR) is 102 cm³/mol. The van der Waals surface area contributed by atoms with Crippen molar-refractivity contribution in [1.82, 2.24) is 4.90 Å². The van der Waals surface area contributed by atoms with E-state index in [2.05, 4.69) is 12.2 Å². The van der Waals surface area contributed by atoms with Crippen LogP contribution in [-0.4, -0.2) is 40.9 Å². The number of nitrogens with one attached hydrogen (secondary N) is 1. The van der Waals surface area contributed by atoms with Gasteiger partial charge in [-0.2, -0.15) is 0 Å². The van der Waals surface area contributed by atoms with Crippen LogP contribution in [0, 0.1) is 17.8 Å². The minimum atomic E-state index is -0.905. The number of anilines is 1. The Hall–Kier alpha value is -2.37. The lowest BCUT2D eigenvalue weighted by Crippen LogP contribution is -2.38. The molecule has 6 nitrogen and oxygen atoms in total. The van der Waals surface area contributed by atoms with Crippen molar-refractivity contribution in [3.63, 3.8) is 0 Å². The van der Waals surface area contributed by atoms with E-state index in [0.717, 1.165) is 38.8 Å². The van der Waals surface area contributed by atoms with Crippen LogP contribution in [0.15, 0.2) is 24.3 Å². The maximum Gasteiger partial charge on any atom is 0.307 e. The first-order chi connectivity index (χ1) is 13.0. The van der Waals surface area contributed by atoms with Gasteiger partial charge in [-0.05, 0) is 49.8 Å². The SMILES string of the molecule is CC1CCN(C(=O)c2cccc(NC(=O)[C@H]3CCCC[C@@H]3C(=O)O)c2)CC1. The molecule has 1 aromatic carbocycles. The molecule has 27 heavy (non-hydrogen) atoms. The molecule has 3 rings (SSSR count). The lowest BCUT2D eigenvalue weighted by molar-refractivity contribution is -0.147. The first-order valence-corrected chi connectivity index (χ1v) is 9.88. The Morgan fingerprint density at radius 3 is 2.37 bits per heavy atom. The summed E-state index contributed by atoms with van der Waals surface area (Å²) >= 11 is 0. The molecule has 2 N–H and O–H groups in total. The van der Waals surface area contributed by atoms with Crippen molar-refractivity contribution in [2.45, 2.75) is 45.4 Å². The first-order valence-electron chi connectivity index (χ1n) is 9.88. The summed E-state index contributed by atoms with van der Waals surface area (Å²) in [6.45, 7) is 3.73. The van der Waals surface area contributed by atoms with Crippen LogP contribution in [0.25, 0.3) is 0 Å². The minimum Gasteiger partial charge on any atom is -0.481 e. The van der Waals surface area contributed by atoms with E-state index in [1.165, 1.54) is 0 Å². The summed E-state index contributed by atoms with van der Waals surface area (Å²) in [5.41, 5.74) is 1.10. The number of aliphatic carboxylic acids is 1. The van der Waals surface area contributed by atoms with Crippen LogP contribution in [-0.2, 0) is 9.59 Å². The number of piperidine rings is 1. The summed E-state index contributed by atoms with van der Waals surface area (Å²) in [7, 11) is 0. The standard InChI is InChI=1S/C21H28N2O4/c1-14-9-11-23(12-10-14)20(25)15-5-4-6-16(13-15)22-19(24)17-7-2-3-8-18(17)21(26)27/h4-6,13-14,17-18H,2-3,7-12H2,1H3,(H,22,24)(H,26,27)/t17-,18-/m0/s1. The van der Waals surface area contributed by atoms with E-state index < -0.39 is 17.8 Å². The fourth-order valence-corrected chi connectivity index (χ4v) is 4.10. The molecule has 1 aliphatic carbocycles. The molecular formula is C21H28N2O4. The molecule has 0 spiro atoms. The van der Waals surface area contributed by atoms with Crippen LogP contribution in [0.2, 0.25) is 0 Å². The van der Waals surface area contributed by atoms with Crippen molar-refractivity contribution in [2.24, 2.45) is 17.8 Å². The van der Waals surface area contributed by atoms with Gasteiger partial charge in [-0.3, -0.25) is 14.4 Å². The van der Waals surface area contributed by atoms with Gasteiger partial charge in [0, 0.05) is 24.3 Å².